The van der Waals surface area contributed by atoms with Crippen molar-refractivity contribution in [3.05, 3.63) is 65.5 Å². The van der Waals surface area contributed by atoms with Crippen molar-refractivity contribution in [1.29, 1.82) is 0 Å². The van der Waals surface area contributed by atoms with Crippen molar-refractivity contribution >= 4 is 5.69 Å². The first-order chi connectivity index (χ1) is 10.1. The van der Waals surface area contributed by atoms with Gasteiger partial charge in [-0.1, -0.05) is 18.2 Å². The van der Waals surface area contributed by atoms with E-state index in [1.54, 1.807) is 6.33 Å². The third-order valence-electron chi connectivity index (χ3n) is 3.67. The van der Waals surface area contributed by atoms with Crippen molar-refractivity contribution in [3.8, 4) is 11.4 Å². The van der Waals surface area contributed by atoms with E-state index in [1.807, 2.05) is 28.9 Å². The summed E-state index contributed by atoms with van der Waals surface area (Å²) in [4.78, 5) is 4.38. The Hall–Kier alpha value is -2.62. The lowest BCUT2D eigenvalue weighted by atomic mass is 10.0. The molecule has 0 bridgehead atoms. The van der Waals surface area contributed by atoms with Crippen molar-refractivity contribution in [2.75, 3.05) is 5.73 Å². The molecule has 0 radical (unpaired) electrons. The van der Waals surface area contributed by atoms with Gasteiger partial charge in [0.15, 0.2) is 5.82 Å². The van der Waals surface area contributed by atoms with E-state index in [0.717, 1.165) is 23.6 Å². The van der Waals surface area contributed by atoms with Crippen molar-refractivity contribution in [2.24, 2.45) is 0 Å². The summed E-state index contributed by atoms with van der Waals surface area (Å²) in [5, 5.41) is 4.55. The molecule has 3 aromatic rings. The monoisotopic (exact) mass is 278 g/mol. The molecule has 1 heterocycles. The minimum absolute atomic E-state index is 0.723. The molecule has 0 atom stereocenters. The quantitative estimate of drug-likeness (QED) is 0.748. The molecule has 1 aromatic heterocycles. The SMILES string of the molecule is Cc1cccc(C)c1Cn1cnc(-c2ccc(N)cc2)n1. The molecule has 2 aromatic carbocycles. The Bertz CT molecular complexity index is 736. The number of rotatable bonds is 3. The van der Waals surface area contributed by atoms with Gasteiger partial charge < -0.3 is 5.73 Å². The lowest BCUT2D eigenvalue weighted by Gasteiger charge is -2.09. The van der Waals surface area contributed by atoms with Crippen molar-refractivity contribution in [2.45, 2.75) is 20.4 Å². The second-order valence-corrected chi connectivity index (χ2v) is 5.26. The molecule has 0 aliphatic rings. The van der Waals surface area contributed by atoms with Crippen molar-refractivity contribution < 1.29 is 0 Å². The number of nitrogens with two attached hydrogens (primary N) is 1. The van der Waals surface area contributed by atoms with Crippen molar-refractivity contribution in [3.63, 3.8) is 0 Å². The van der Waals surface area contributed by atoms with Crippen LogP contribution < -0.4 is 5.73 Å². The summed E-state index contributed by atoms with van der Waals surface area (Å²) in [6.07, 6.45) is 1.78. The minimum atomic E-state index is 0.723. The molecule has 0 aliphatic heterocycles. The molecule has 0 unspecified atom stereocenters. The first-order valence-electron chi connectivity index (χ1n) is 6.94. The Balaban J connectivity index is 1.87. The summed E-state index contributed by atoms with van der Waals surface area (Å²) in [5.41, 5.74) is 11.3. The highest BCUT2D eigenvalue weighted by atomic mass is 15.3. The molecule has 0 spiro atoms. The Kier molecular flexibility index (Phi) is 3.44. The molecule has 21 heavy (non-hydrogen) atoms. The van der Waals surface area contributed by atoms with Gasteiger partial charge in [0.05, 0.1) is 6.54 Å². The highest BCUT2D eigenvalue weighted by Gasteiger charge is 2.07. The van der Waals surface area contributed by atoms with Crippen LogP contribution in [0.2, 0.25) is 0 Å². The van der Waals surface area contributed by atoms with Gasteiger partial charge in [0, 0.05) is 11.3 Å². The Morgan fingerprint density at radius 2 is 1.67 bits per heavy atom. The van der Waals surface area contributed by atoms with Gasteiger partial charge >= 0.3 is 0 Å². The standard InChI is InChI=1S/C17H18N4/c1-12-4-3-5-13(2)16(12)10-21-11-19-17(20-21)14-6-8-15(18)9-7-14/h3-9,11H,10,18H2,1-2H3. The highest BCUT2D eigenvalue weighted by molar-refractivity contribution is 5.58. The molecule has 0 fully saturated rings. The van der Waals surface area contributed by atoms with Crippen LogP contribution in [0.3, 0.4) is 0 Å². The number of aromatic nitrogens is 3. The summed E-state index contributed by atoms with van der Waals surface area (Å²) in [6, 6.07) is 13.9. The van der Waals surface area contributed by atoms with Gasteiger partial charge in [-0.3, -0.25) is 0 Å². The van der Waals surface area contributed by atoms with E-state index in [1.165, 1.54) is 16.7 Å². The second kappa shape index (κ2) is 5.40. The second-order valence-electron chi connectivity index (χ2n) is 5.26. The van der Waals surface area contributed by atoms with Crippen LogP contribution in [0.25, 0.3) is 11.4 Å². The number of anilines is 1. The number of hydrogen-bond acceptors (Lipinski definition) is 3. The maximum Gasteiger partial charge on any atom is 0.181 e. The molecule has 0 saturated heterocycles. The molecule has 3 rings (SSSR count). The third-order valence-corrected chi connectivity index (χ3v) is 3.67. The zero-order chi connectivity index (χ0) is 14.8. The Morgan fingerprint density at radius 1 is 1.00 bits per heavy atom. The Labute approximate surface area is 124 Å². The largest absolute Gasteiger partial charge is 0.399 e. The number of benzene rings is 2. The summed E-state index contributed by atoms with van der Waals surface area (Å²) >= 11 is 0. The van der Waals surface area contributed by atoms with Crippen LogP contribution in [0.4, 0.5) is 5.69 Å². The molecular formula is C17H18N4. The minimum Gasteiger partial charge on any atom is -0.399 e. The molecule has 2 N–H and O–H groups in total. The number of aryl methyl sites for hydroxylation is 2. The first kappa shape index (κ1) is 13.4. The van der Waals surface area contributed by atoms with E-state index in [2.05, 4.69) is 42.1 Å². The normalized spacial score (nSPS) is 10.8. The summed E-state index contributed by atoms with van der Waals surface area (Å²) in [5.74, 6) is 0.723. The Morgan fingerprint density at radius 3 is 2.33 bits per heavy atom. The fourth-order valence-electron chi connectivity index (χ4n) is 2.40. The van der Waals surface area contributed by atoms with Crippen LogP contribution >= 0.6 is 0 Å². The van der Waals surface area contributed by atoms with Crippen LogP contribution in [-0.4, -0.2) is 14.8 Å². The topological polar surface area (TPSA) is 56.7 Å². The van der Waals surface area contributed by atoms with Crippen LogP contribution in [0, 0.1) is 13.8 Å². The maximum absolute atomic E-state index is 5.70. The first-order valence-corrected chi connectivity index (χ1v) is 6.94. The molecule has 0 saturated carbocycles. The van der Waals surface area contributed by atoms with Gasteiger partial charge in [-0.25, -0.2) is 9.67 Å². The molecule has 0 aliphatic carbocycles. The number of hydrogen-bond donors (Lipinski definition) is 1. The predicted molar refractivity (Wildman–Crippen MR) is 84.9 cm³/mol. The molecule has 4 nitrogen and oxygen atoms in total. The van der Waals surface area contributed by atoms with E-state index in [-0.39, 0.29) is 0 Å². The lowest BCUT2D eigenvalue weighted by Crippen LogP contribution is -2.04. The van der Waals surface area contributed by atoms with Gasteiger partial charge in [-0.15, -0.1) is 0 Å². The summed E-state index contributed by atoms with van der Waals surface area (Å²) in [7, 11) is 0. The van der Waals surface area contributed by atoms with E-state index in [0.29, 0.717) is 0 Å². The van der Waals surface area contributed by atoms with E-state index < -0.39 is 0 Å². The van der Waals surface area contributed by atoms with Gasteiger partial charge in [0.1, 0.15) is 6.33 Å². The number of nitrogens with zero attached hydrogens (tertiary/aromatic N) is 3. The average molecular weight is 278 g/mol. The smallest absolute Gasteiger partial charge is 0.181 e. The van der Waals surface area contributed by atoms with Crippen LogP contribution in [-0.2, 0) is 6.54 Å². The number of nitrogen functional groups attached to an aromatic ring is 1. The molecule has 106 valence electrons. The molecule has 4 heteroatoms. The van der Waals surface area contributed by atoms with Crippen LogP contribution in [0.1, 0.15) is 16.7 Å². The summed E-state index contributed by atoms with van der Waals surface area (Å²) < 4.78 is 1.88. The zero-order valence-corrected chi connectivity index (χ0v) is 12.2. The van der Waals surface area contributed by atoms with Gasteiger partial charge in [0.2, 0.25) is 0 Å². The fourth-order valence-corrected chi connectivity index (χ4v) is 2.40. The van der Waals surface area contributed by atoms with Gasteiger partial charge in [0.25, 0.3) is 0 Å². The molecular weight excluding hydrogens is 260 g/mol. The van der Waals surface area contributed by atoms with Crippen LogP contribution in [0.15, 0.2) is 48.8 Å². The van der Waals surface area contributed by atoms with E-state index in [9.17, 15) is 0 Å². The van der Waals surface area contributed by atoms with E-state index >= 15 is 0 Å². The van der Waals surface area contributed by atoms with E-state index in [4.69, 9.17) is 5.73 Å². The maximum atomic E-state index is 5.70. The predicted octanol–water partition coefficient (Wildman–Crippen LogP) is 3.19. The third kappa shape index (κ3) is 2.79. The lowest BCUT2D eigenvalue weighted by molar-refractivity contribution is 0.681. The van der Waals surface area contributed by atoms with Gasteiger partial charge in [-0.05, 0) is 54.8 Å². The summed E-state index contributed by atoms with van der Waals surface area (Å²) in [6.45, 7) is 4.99. The molecule has 0 amide bonds. The van der Waals surface area contributed by atoms with Crippen LogP contribution in [0.5, 0.6) is 0 Å². The fraction of sp³-hybridized carbons (Fsp3) is 0.176. The van der Waals surface area contributed by atoms with Crippen molar-refractivity contribution in [1.82, 2.24) is 14.8 Å². The average Bonchev–Trinajstić information content (AvgIpc) is 2.92. The highest BCUT2D eigenvalue weighted by Crippen LogP contribution is 2.18. The zero-order valence-electron chi connectivity index (χ0n) is 12.2. The van der Waals surface area contributed by atoms with Gasteiger partial charge in [-0.2, -0.15) is 5.10 Å².